The Kier molecular flexibility index (Phi) is 2.76. The Labute approximate surface area is 79.6 Å². The lowest BCUT2D eigenvalue weighted by atomic mass is 10.0. The van der Waals surface area contributed by atoms with E-state index in [2.05, 4.69) is 10.1 Å². The van der Waals surface area contributed by atoms with Gasteiger partial charge < -0.3 is 4.74 Å². The first-order chi connectivity index (χ1) is 6.31. The van der Waals surface area contributed by atoms with E-state index in [1.54, 1.807) is 0 Å². The normalized spacial score (nSPS) is 21.5. The highest BCUT2D eigenvalue weighted by Crippen LogP contribution is 2.34. The van der Waals surface area contributed by atoms with Crippen LogP contribution in [-0.4, -0.2) is 30.8 Å². The molecule has 82 valence electrons. The maximum atomic E-state index is 12.6. The molecule has 1 rings (SSSR count). The fraction of sp³-hybridized carbons (Fsp3) is 0.875. The van der Waals surface area contributed by atoms with E-state index >= 15 is 0 Å². The molecule has 0 heterocycles. The number of alkyl halides is 3. The van der Waals surface area contributed by atoms with Crippen LogP contribution in [0.4, 0.5) is 13.2 Å². The van der Waals surface area contributed by atoms with Crippen LogP contribution in [-0.2, 0) is 9.53 Å². The number of hydrogen-bond donors (Lipinski definition) is 1. The van der Waals surface area contributed by atoms with Crippen LogP contribution in [0.5, 0.6) is 0 Å². The van der Waals surface area contributed by atoms with Crippen LogP contribution in [0.2, 0.25) is 0 Å². The van der Waals surface area contributed by atoms with Crippen LogP contribution >= 0.6 is 0 Å². The number of esters is 1. The Balaban J connectivity index is 2.81. The highest BCUT2D eigenvalue weighted by Gasteiger charge is 2.59. The molecule has 3 nitrogen and oxygen atoms in total. The zero-order chi connectivity index (χ0) is 11.0. The quantitative estimate of drug-likeness (QED) is 0.713. The first-order valence-corrected chi connectivity index (χ1v) is 4.24. The van der Waals surface area contributed by atoms with Crippen LogP contribution in [0.15, 0.2) is 0 Å². The van der Waals surface area contributed by atoms with Gasteiger partial charge in [-0.1, -0.05) is 0 Å². The molecule has 0 amide bonds. The van der Waals surface area contributed by atoms with Crippen molar-refractivity contribution >= 4 is 5.97 Å². The van der Waals surface area contributed by atoms with Gasteiger partial charge in [0.25, 0.3) is 0 Å². The minimum absolute atomic E-state index is 0.222. The van der Waals surface area contributed by atoms with Crippen LogP contribution < -0.4 is 5.32 Å². The number of nitrogens with one attached hydrogen (secondary N) is 1. The van der Waals surface area contributed by atoms with Gasteiger partial charge in [0.05, 0.1) is 7.11 Å². The predicted molar refractivity (Wildman–Crippen MR) is 42.6 cm³/mol. The van der Waals surface area contributed by atoms with Gasteiger partial charge in [-0.05, 0) is 19.8 Å². The molecule has 0 aromatic rings. The lowest BCUT2D eigenvalue weighted by Crippen LogP contribution is -2.61. The minimum Gasteiger partial charge on any atom is -0.467 e. The summed E-state index contributed by atoms with van der Waals surface area (Å²) in [6.45, 7) is 0.803. The van der Waals surface area contributed by atoms with Gasteiger partial charge in [-0.2, -0.15) is 13.2 Å². The van der Waals surface area contributed by atoms with Crippen LogP contribution in [0.25, 0.3) is 0 Å². The van der Waals surface area contributed by atoms with Gasteiger partial charge in [0.2, 0.25) is 5.54 Å². The van der Waals surface area contributed by atoms with E-state index in [9.17, 15) is 18.0 Å². The molecule has 1 aliphatic rings. The maximum Gasteiger partial charge on any atom is 0.417 e. The first kappa shape index (κ1) is 11.3. The third-order valence-electron chi connectivity index (χ3n) is 2.23. The van der Waals surface area contributed by atoms with Crippen molar-refractivity contribution in [3.63, 3.8) is 0 Å². The van der Waals surface area contributed by atoms with E-state index in [-0.39, 0.29) is 6.04 Å². The lowest BCUT2D eigenvalue weighted by molar-refractivity contribution is -0.208. The number of ether oxygens (including phenoxy) is 1. The van der Waals surface area contributed by atoms with Gasteiger partial charge in [-0.15, -0.1) is 0 Å². The SMILES string of the molecule is COC(=O)C(C)(NC1CC1)C(F)(F)F. The number of methoxy groups -OCH3 is 1. The summed E-state index contributed by atoms with van der Waals surface area (Å²) < 4.78 is 41.8. The summed E-state index contributed by atoms with van der Waals surface area (Å²) >= 11 is 0. The third kappa shape index (κ3) is 2.00. The number of carbonyl (C=O) groups excluding carboxylic acids is 1. The van der Waals surface area contributed by atoms with Crippen LogP contribution in [0.1, 0.15) is 19.8 Å². The summed E-state index contributed by atoms with van der Waals surface area (Å²) in [6, 6.07) is -0.222. The molecule has 0 aromatic carbocycles. The molecule has 0 aromatic heterocycles. The molecule has 0 aliphatic heterocycles. The molecule has 1 N–H and O–H groups in total. The van der Waals surface area contributed by atoms with Gasteiger partial charge in [0.1, 0.15) is 0 Å². The number of hydrogen-bond acceptors (Lipinski definition) is 3. The molecule has 0 bridgehead atoms. The van der Waals surface area contributed by atoms with E-state index in [4.69, 9.17) is 0 Å². The highest BCUT2D eigenvalue weighted by molar-refractivity contribution is 5.81. The van der Waals surface area contributed by atoms with E-state index < -0.39 is 17.7 Å². The summed E-state index contributed by atoms with van der Waals surface area (Å²) in [6.07, 6.45) is -3.30. The second-order valence-electron chi connectivity index (χ2n) is 3.53. The average molecular weight is 211 g/mol. The van der Waals surface area contributed by atoms with Crippen molar-refractivity contribution in [2.24, 2.45) is 0 Å². The fourth-order valence-electron chi connectivity index (χ4n) is 1.10. The zero-order valence-corrected chi connectivity index (χ0v) is 7.94. The summed E-state index contributed by atoms with van der Waals surface area (Å²) in [4.78, 5) is 11.0. The van der Waals surface area contributed by atoms with Crippen molar-refractivity contribution in [1.82, 2.24) is 5.32 Å². The second kappa shape index (κ2) is 3.42. The van der Waals surface area contributed by atoms with Crippen LogP contribution in [0, 0.1) is 0 Å². The number of halogens is 3. The summed E-state index contributed by atoms with van der Waals surface area (Å²) in [5.41, 5.74) is -2.58. The van der Waals surface area contributed by atoms with Gasteiger partial charge >= 0.3 is 12.1 Å². The fourth-order valence-corrected chi connectivity index (χ4v) is 1.10. The average Bonchev–Trinajstić information content (AvgIpc) is 2.84. The van der Waals surface area contributed by atoms with Crippen molar-refractivity contribution < 1.29 is 22.7 Å². The van der Waals surface area contributed by atoms with E-state index in [0.29, 0.717) is 12.8 Å². The molecule has 14 heavy (non-hydrogen) atoms. The van der Waals surface area contributed by atoms with E-state index in [0.717, 1.165) is 14.0 Å². The van der Waals surface area contributed by atoms with E-state index in [1.165, 1.54) is 0 Å². The lowest BCUT2D eigenvalue weighted by Gasteiger charge is -2.30. The number of rotatable bonds is 3. The maximum absolute atomic E-state index is 12.6. The largest absolute Gasteiger partial charge is 0.467 e. The Hall–Kier alpha value is -0.780. The van der Waals surface area contributed by atoms with Crippen molar-refractivity contribution in [2.75, 3.05) is 7.11 Å². The predicted octanol–water partition coefficient (Wildman–Crippen LogP) is 1.23. The molecule has 6 heteroatoms. The Morgan fingerprint density at radius 3 is 2.21 bits per heavy atom. The zero-order valence-electron chi connectivity index (χ0n) is 7.94. The van der Waals surface area contributed by atoms with Gasteiger partial charge in [0, 0.05) is 6.04 Å². The van der Waals surface area contributed by atoms with Gasteiger partial charge in [-0.3, -0.25) is 5.32 Å². The monoisotopic (exact) mass is 211 g/mol. The van der Waals surface area contributed by atoms with E-state index in [1.807, 2.05) is 0 Å². The topological polar surface area (TPSA) is 38.3 Å². The van der Waals surface area contributed by atoms with Crippen LogP contribution in [0.3, 0.4) is 0 Å². The third-order valence-corrected chi connectivity index (χ3v) is 2.23. The molecular formula is C8H12F3NO2. The van der Waals surface area contributed by atoms with Crippen molar-refractivity contribution in [1.29, 1.82) is 0 Å². The molecule has 0 radical (unpaired) electrons. The molecule has 1 aliphatic carbocycles. The molecule has 0 saturated heterocycles. The van der Waals surface area contributed by atoms with Gasteiger partial charge in [-0.25, -0.2) is 4.79 Å². The first-order valence-electron chi connectivity index (χ1n) is 4.24. The molecule has 1 atom stereocenters. The molecule has 1 unspecified atom stereocenters. The molecular weight excluding hydrogens is 199 g/mol. The highest BCUT2D eigenvalue weighted by atomic mass is 19.4. The van der Waals surface area contributed by atoms with Gasteiger partial charge in [0.15, 0.2) is 0 Å². The number of carbonyl (C=O) groups is 1. The molecule has 0 spiro atoms. The molecule has 1 fully saturated rings. The molecule has 1 saturated carbocycles. The summed E-state index contributed by atoms with van der Waals surface area (Å²) in [5, 5.41) is 2.26. The smallest absolute Gasteiger partial charge is 0.417 e. The van der Waals surface area contributed by atoms with Crippen molar-refractivity contribution in [2.45, 2.75) is 37.5 Å². The van der Waals surface area contributed by atoms with Crippen molar-refractivity contribution in [3.05, 3.63) is 0 Å². The van der Waals surface area contributed by atoms with Crippen molar-refractivity contribution in [3.8, 4) is 0 Å². The Bertz CT molecular complexity index is 237. The summed E-state index contributed by atoms with van der Waals surface area (Å²) in [7, 11) is 0.945. The summed E-state index contributed by atoms with van der Waals surface area (Å²) in [5.74, 6) is -1.29. The Morgan fingerprint density at radius 2 is 1.93 bits per heavy atom. The standard InChI is InChI=1S/C8H12F3NO2/c1-7(6(13)14-2,8(9,10)11)12-5-3-4-5/h5,12H,3-4H2,1-2H3. The second-order valence-corrected chi connectivity index (χ2v) is 3.53. The minimum atomic E-state index is -4.64. The Morgan fingerprint density at radius 1 is 1.43 bits per heavy atom.